The Hall–Kier alpha value is -3.08. The number of hydrogen-bond acceptors (Lipinski definition) is 4. The van der Waals surface area contributed by atoms with Gasteiger partial charge in [0.25, 0.3) is 5.56 Å². The number of benzene rings is 2. The first-order valence-electron chi connectivity index (χ1n) is 6.71. The number of aromatic amines is 1. The van der Waals surface area contributed by atoms with Crippen LogP contribution in [-0.2, 0) is 0 Å². The predicted octanol–water partition coefficient (Wildman–Crippen LogP) is 2.81. The number of nitrogens with zero attached hydrogens (tertiary/aromatic N) is 1. The molecule has 110 valence electrons. The molecule has 3 rings (SSSR count). The van der Waals surface area contributed by atoms with E-state index in [2.05, 4.69) is 9.97 Å². The molecule has 0 fully saturated rings. The summed E-state index contributed by atoms with van der Waals surface area (Å²) >= 11 is 0. The van der Waals surface area contributed by atoms with Crippen LogP contribution in [0, 0.1) is 0 Å². The Morgan fingerprint density at radius 1 is 1.18 bits per heavy atom. The number of methoxy groups -OCH3 is 1. The number of phenols is 1. The minimum Gasteiger partial charge on any atom is -0.504 e. The van der Waals surface area contributed by atoms with Gasteiger partial charge < -0.3 is 14.8 Å². The fraction of sp³-hybridized carbons (Fsp3) is 0.0588. The molecule has 22 heavy (non-hydrogen) atoms. The van der Waals surface area contributed by atoms with Gasteiger partial charge in [-0.2, -0.15) is 0 Å². The molecule has 0 aliphatic heterocycles. The van der Waals surface area contributed by atoms with E-state index in [1.54, 1.807) is 48.6 Å². The predicted molar refractivity (Wildman–Crippen MR) is 86.0 cm³/mol. The summed E-state index contributed by atoms with van der Waals surface area (Å²) in [5, 5.41) is 10.3. The summed E-state index contributed by atoms with van der Waals surface area (Å²) < 4.78 is 4.99. The molecule has 0 saturated carbocycles. The third-order valence-electron chi connectivity index (χ3n) is 3.27. The topological polar surface area (TPSA) is 75.2 Å². The van der Waals surface area contributed by atoms with Gasteiger partial charge >= 0.3 is 0 Å². The van der Waals surface area contributed by atoms with Gasteiger partial charge in [0.2, 0.25) is 0 Å². The molecule has 1 aromatic heterocycles. The molecule has 0 amide bonds. The number of ether oxygens (including phenoxy) is 1. The number of phenolic OH excluding ortho intramolecular Hbond substituents is 1. The largest absolute Gasteiger partial charge is 0.504 e. The van der Waals surface area contributed by atoms with E-state index >= 15 is 0 Å². The first kappa shape index (κ1) is 13.9. The molecule has 0 atom stereocenters. The number of para-hydroxylation sites is 1. The van der Waals surface area contributed by atoms with Crippen LogP contribution in [0.5, 0.6) is 11.5 Å². The molecule has 3 aromatic rings. The number of rotatable bonds is 3. The van der Waals surface area contributed by atoms with Crippen LogP contribution < -0.4 is 10.3 Å². The highest BCUT2D eigenvalue weighted by molar-refractivity contribution is 5.79. The van der Waals surface area contributed by atoms with E-state index in [0.717, 1.165) is 5.56 Å². The highest BCUT2D eigenvalue weighted by Crippen LogP contribution is 2.26. The van der Waals surface area contributed by atoms with Crippen LogP contribution in [0.15, 0.2) is 47.3 Å². The lowest BCUT2D eigenvalue weighted by molar-refractivity contribution is 0.373. The summed E-state index contributed by atoms with van der Waals surface area (Å²) in [5.74, 6) is 0.929. The lowest BCUT2D eigenvalue weighted by Gasteiger charge is -2.03. The quantitative estimate of drug-likeness (QED) is 0.779. The minimum atomic E-state index is -0.178. The SMILES string of the molecule is COc1ccc(/C=C/c2nc3ccccc3c(=O)[nH]2)cc1O. The smallest absolute Gasteiger partial charge is 0.259 e. The van der Waals surface area contributed by atoms with Crippen molar-refractivity contribution in [3.63, 3.8) is 0 Å². The molecule has 0 aliphatic rings. The second-order valence-corrected chi connectivity index (χ2v) is 4.73. The molecule has 0 bridgehead atoms. The molecular formula is C17H14N2O3. The number of aromatic hydroxyl groups is 1. The van der Waals surface area contributed by atoms with Crippen molar-refractivity contribution >= 4 is 23.1 Å². The van der Waals surface area contributed by atoms with Crippen molar-refractivity contribution in [3.05, 3.63) is 64.2 Å². The van der Waals surface area contributed by atoms with Crippen LogP contribution in [-0.4, -0.2) is 22.2 Å². The van der Waals surface area contributed by atoms with Gasteiger partial charge in [-0.3, -0.25) is 4.79 Å². The third-order valence-corrected chi connectivity index (χ3v) is 3.27. The number of H-pyrrole nitrogens is 1. The fourth-order valence-corrected chi connectivity index (χ4v) is 2.17. The van der Waals surface area contributed by atoms with E-state index in [1.807, 2.05) is 6.07 Å². The molecule has 0 radical (unpaired) electrons. The molecule has 5 heteroatoms. The van der Waals surface area contributed by atoms with Crippen molar-refractivity contribution in [1.82, 2.24) is 9.97 Å². The maximum absolute atomic E-state index is 12.0. The summed E-state index contributed by atoms with van der Waals surface area (Å²) in [6, 6.07) is 12.2. The van der Waals surface area contributed by atoms with Crippen LogP contribution in [0.25, 0.3) is 23.1 Å². The Labute approximate surface area is 126 Å². The molecule has 0 aliphatic carbocycles. The normalized spacial score (nSPS) is 11.1. The van der Waals surface area contributed by atoms with Crippen molar-refractivity contribution in [3.8, 4) is 11.5 Å². The zero-order valence-electron chi connectivity index (χ0n) is 11.9. The van der Waals surface area contributed by atoms with Crippen molar-refractivity contribution in [2.24, 2.45) is 0 Å². The Bertz CT molecular complexity index is 913. The molecule has 2 aromatic carbocycles. The average molecular weight is 294 g/mol. The lowest BCUT2D eigenvalue weighted by atomic mass is 10.2. The summed E-state index contributed by atoms with van der Waals surface area (Å²) in [7, 11) is 1.49. The third kappa shape index (κ3) is 2.69. The van der Waals surface area contributed by atoms with Gasteiger partial charge in [-0.25, -0.2) is 4.98 Å². The maximum Gasteiger partial charge on any atom is 0.259 e. The first-order chi connectivity index (χ1) is 10.7. The van der Waals surface area contributed by atoms with Crippen molar-refractivity contribution in [2.45, 2.75) is 0 Å². The molecular weight excluding hydrogens is 280 g/mol. The van der Waals surface area contributed by atoms with E-state index in [-0.39, 0.29) is 11.3 Å². The average Bonchev–Trinajstić information content (AvgIpc) is 2.53. The van der Waals surface area contributed by atoms with Crippen LogP contribution in [0.1, 0.15) is 11.4 Å². The molecule has 0 unspecified atom stereocenters. The Morgan fingerprint density at radius 3 is 2.77 bits per heavy atom. The number of hydrogen-bond donors (Lipinski definition) is 2. The van der Waals surface area contributed by atoms with E-state index in [4.69, 9.17) is 4.74 Å². The van der Waals surface area contributed by atoms with Crippen molar-refractivity contribution in [1.29, 1.82) is 0 Å². The summed E-state index contributed by atoms with van der Waals surface area (Å²) in [5.41, 5.74) is 1.24. The summed E-state index contributed by atoms with van der Waals surface area (Å²) in [6.45, 7) is 0. The van der Waals surface area contributed by atoms with Crippen LogP contribution in [0.3, 0.4) is 0 Å². The zero-order valence-corrected chi connectivity index (χ0v) is 11.9. The van der Waals surface area contributed by atoms with Crippen molar-refractivity contribution in [2.75, 3.05) is 7.11 Å². The first-order valence-corrected chi connectivity index (χ1v) is 6.71. The van der Waals surface area contributed by atoms with Gasteiger partial charge in [-0.1, -0.05) is 24.3 Å². The summed E-state index contributed by atoms with van der Waals surface area (Å²) in [6.07, 6.45) is 3.45. The van der Waals surface area contributed by atoms with E-state index < -0.39 is 0 Å². The van der Waals surface area contributed by atoms with E-state index in [9.17, 15) is 9.90 Å². The van der Waals surface area contributed by atoms with Gasteiger partial charge in [0.05, 0.1) is 18.0 Å². The molecule has 2 N–H and O–H groups in total. The highest BCUT2D eigenvalue weighted by atomic mass is 16.5. The monoisotopic (exact) mass is 294 g/mol. The molecule has 5 nitrogen and oxygen atoms in total. The van der Waals surface area contributed by atoms with Crippen LogP contribution in [0.2, 0.25) is 0 Å². The second kappa shape index (κ2) is 5.73. The molecule has 1 heterocycles. The standard InChI is InChI=1S/C17H14N2O3/c1-22-15-8-6-11(10-14(15)20)7-9-16-18-13-5-3-2-4-12(13)17(21)19-16/h2-10,20H,1H3,(H,18,19,21)/b9-7+. The zero-order chi connectivity index (χ0) is 15.5. The fourth-order valence-electron chi connectivity index (χ4n) is 2.17. The summed E-state index contributed by atoms with van der Waals surface area (Å²) in [4.78, 5) is 19.1. The number of fused-ring (bicyclic) bond motifs is 1. The van der Waals surface area contributed by atoms with Gasteiger partial charge in [-0.15, -0.1) is 0 Å². The highest BCUT2D eigenvalue weighted by Gasteiger charge is 2.02. The van der Waals surface area contributed by atoms with E-state index in [1.165, 1.54) is 7.11 Å². The van der Waals surface area contributed by atoms with Crippen LogP contribution in [0.4, 0.5) is 0 Å². The Kier molecular flexibility index (Phi) is 3.62. The van der Waals surface area contributed by atoms with Gasteiger partial charge in [-0.05, 0) is 35.9 Å². The maximum atomic E-state index is 12.0. The Morgan fingerprint density at radius 2 is 2.00 bits per heavy atom. The minimum absolute atomic E-state index is 0.0598. The molecule has 0 spiro atoms. The van der Waals surface area contributed by atoms with Gasteiger partial charge in [0.15, 0.2) is 11.5 Å². The van der Waals surface area contributed by atoms with Crippen LogP contribution >= 0.6 is 0 Å². The second-order valence-electron chi connectivity index (χ2n) is 4.73. The lowest BCUT2D eigenvalue weighted by Crippen LogP contribution is -2.09. The molecule has 0 saturated heterocycles. The van der Waals surface area contributed by atoms with Gasteiger partial charge in [0, 0.05) is 0 Å². The number of aromatic nitrogens is 2. The van der Waals surface area contributed by atoms with Gasteiger partial charge in [0.1, 0.15) is 5.82 Å². The van der Waals surface area contributed by atoms with E-state index in [0.29, 0.717) is 22.5 Å². The number of nitrogens with one attached hydrogen (secondary N) is 1. The van der Waals surface area contributed by atoms with Crippen molar-refractivity contribution < 1.29 is 9.84 Å². The Balaban J connectivity index is 1.95.